The minimum atomic E-state index is -0.269. The van der Waals surface area contributed by atoms with Gasteiger partial charge in [-0.25, -0.2) is 9.37 Å². The monoisotopic (exact) mass is 342 g/mol. The van der Waals surface area contributed by atoms with Crippen molar-refractivity contribution in [1.82, 2.24) is 20.2 Å². The summed E-state index contributed by atoms with van der Waals surface area (Å²) in [5.74, 6) is 0.660. The number of H-pyrrole nitrogens is 1. The molecule has 0 bridgehead atoms. The summed E-state index contributed by atoms with van der Waals surface area (Å²) in [6, 6.07) is 6.95. The Hall–Kier alpha value is -2.21. The van der Waals surface area contributed by atoms with E-state index in [9.17, 15) is 9.18 Å². The highest BCUT2D eigenvalue weighted by Gasteiger charge is 2.31. The summed E-state index contributed by atoms with van der Waals surface area (Å²) in [5.41, 5.74) is 1.55. The van der Waals surface area contributed by atoms with Crippen molar-refractivity contribution in [2.45, 2.75) is 44.2 Å². The van der Waals surface area contributed by atoms with E-state index in [2.05, 4.69) is 15.3 Å². The van der Waals surface area contributed by atoms with Crippen LogP contribution in [0.1, 0.15) is 44.0 Å². The molecule has 0 spiro atoms. The maximum atomic E-state index is 13.4. The van der Waals surface area contributed by atoms with Crippen LogP contribution in [0.2, 0.25) is 0 Å². The lowest BCUT2D eigenvalue weighted by Gasteiger charge is -2.34. The molecule has 2 fully saturated rings. The van der Waals surface area contributed by atoms with Gasteiger partial charge in [0.25, 0.3) is 0 Å². The summed E-state index contributed by atoms with van der Waals surface area (Å²) in [4.78, 5) is 22.3. The van der Waals surface area contributed by atoms with Crippen molar-refractivity contribution in [3.05, 3.63) is 42.1 Å². The molecule has 1 unspecified atom stereocenters. The van der Waals surface area contributed by atoms with Crippen LogP contribution in [0.5, 0.6) is 0 Å². The van der Waals surface area contributed by atoms with E-state index < -0.39 is 0 Å². The van der Waals surface area contributed by atoms with Gasteiger partial charge < -0.3 is 15.2 Å². The molecular formula is C19H23FN4O. The van der Waals surface area contributed by atoms with Gasteiger partial charge in [-0.2, -0.15) is 0 Å². The largest absolute Gasteiger partial charge is 0.340 e. The first kappa shape index (κ1) is 16.3. The van der Waals surface area contributed by atoms with E-state index in [1.54, 1.807) is 12.3 Å². The molecular weight excluding hydrogens is 319 g/mol. The van der Waals surface area contributed by atoms with Crippen LogP contribution < -0.4 is 5.32 Å². The highest BCUT2D eigenvalue weighted by molar-refractivity contribution is 5.79. The van der Waals surface area contributed by atoms with Gasteiger partial charge in [0.1, 0.15) is 11.6 Å². The molecule has 4 rings (SSSR count). The number of piperidine rings is 1. The molecule has 1 aromatic heterocycles. The van der Waals surface area contributed by atoms with Gasteiger partial charge in [0, 0.05) is 18.2 Å². The Bertz CT molecular complexity index is 755. The van der Waals surface area contributed by atoms with Gasteiger partial charge in [-0.15, -0.1) is 0 Å². The summed E-state index contributed by atoms with van der Waals surface area (Å²) in [6.07, 6.45) is 7.09. The van der Waals surface area contributed by atoms with Gasteiger partial charge in [-0.05, 0) is 44.2 Å². The second kappa shape index (κ2) is 6.96. The molecule has 1 saturated heterocycles. The third-order valence-electron chi connectivity index (χ3n) is 4.99. The number of amides is 1. The highest BCUT2D eigenvalue weighted by Crippen LogP contribution is 2.31. The molecule has 6 heteroatoms. The van der Waals surface area contributed by atoms with E-state index in [0.717, 1.165) is 42.9 Å². The summed E-state index contributed by atoms with van der Waals surface area (Å²) < 4.78 is 13.4. The zero-order chi connectivity index (χ0) is 17.2. The number of benzene rings is 1. The second-order valence-electron chi connectivity index (χ2n) is 6.95. The molecule has 2 heterocycles. The van der Waals surface area contributed by atoms with Crippen molar-refractivity contribution in [3.63, 3.8) is 0 Å². The van der Waals surface area contributed by atoms with Crippen molar-refractivity contribution in [1.29, 1.82) is 0 Å². The zero-order valence-electron chi connectivity index (χ0n) is 14.2. The predicted octanol–water partition coefficient (Wildman–Crippen LogP) is 3.02. The lowest BCUT2D eigenvalue weighted by Crippen LogP contribution is -2.43. The number of aromatic nitrogens is 2. The Morgan fingerprint density at radius 3 is 3.00 bits per heavy atom. The smallest absolute Gasteiger partial charge is 0.237 e. The van der Waals surface area contributed by atoms with E-state index in [0.29, 0.717) is 12.6 Å². The molecule has 1 saturated carbocycles. The van der Waals surface area contributed by atoms with Crippen molar-refractivity contribution in [3.8, 4) is 11.3 Å². The van der Waals surface area contributed by atoms with Crippen LogP contribution in [0, 0.1) is 5.82 Å². The van der Waals surface area contributed by atoms with E-state index in [1.165, 1.54) is 25.0 Å². The van der Waals surface area contributed by atoms with E-state index in [4.69, 9.17) is 0 Å². The van der Waals surface area contributed by atoms with E-state index >= 15 is 0 Å². The van der Waals surface area contributed by atoms with Gasteiger partial charge >= 0.3 is 0 Å². The number of halogens is 1. The molecule has 5 nitrogen and oxygen atoms in total. The van der Waals surface area contributed by atoms with Gasteiger partial charge in [-0.1, -0.05) is 12.1 Å². The molecule has 2 N–H and O–H groups in total. The zero-order valence-corrected chi connectivity index (χ0v) is 14.2. The molecule has 2 aliphatic rings. The number of rotatable bonds is 5. The molecule has 1 atom stereocenters. The minimum absolute atomic E-state index is 0.0236. The van der Waals surface area contributed by atoms with Gasteiger partial charge in [-0.3, -0.25) is 4.79 Å². The SMILES string of the molecule is O=C(CNC1CC1)N1CCCCC1c1ncc(-c2cccc(F)c2)[nH]1. The summed E-state index contributed by atoms with van der Waals surface area (Å²) in [5, 5.41) is 3.30. The number of likely N-dealkylation sites (tertiary alicyclic amines) is 1. The van der Waals surface area contributed by atoms with Crippen LogP contribution in [-0.2, 0) is 4.79 Å². The molecule has 1 amide bonds. The Balaban J connectivity index is 1.51. The Morgan fingerprint density at radius 2 is 2.20 bits per heavy atom. The number of carbonyl (C=O) groups excluding carboxylic acids is 1. The average molecular weight is 342 g/mol. The number of hydrogen-bond acceptors (Lipinski definition) is 3. The minimum Gasteiger partial charge on any atom is -0.340 e. The van der Waals surface area contributed by atoms with Crippen molar-refractivity contribution in [2.24, 2.45) is 0 Å². The predicted molar refractivity (Wildman–Crippen MR) is 93.3 cm³/mol. The van der Waals surface area contributed by atoms with Crippen molar-refractivity contribution >= 4 is 5.91 Å². The molecule has 2 aromatic rings. The van der Waals surface area contributed by atoms with Crippen LogP contribution >= 0.6 is 0 Å². The van der Waals surface area contributed by atoms with Crippen molar-refractivity contribution < 1.29 is 9.18 Å². The first-order chi connectivity index (χ1) is 12.2. The van der Waals surface area contributed by atoms with E-state index in [1.807, 2.05) is 11.0 Å². The average Bonchev–Trinajstić information content (AvgIpc) is 3.33. The lowest BCUT2D eigenvalue weighted by atomic mass is 10.0. The molecule has 1 aromatic carbocycles. The number of imidazole rings is 1. The number of hydrogen-bond donors (Lipinski definition) is 2. The van der Waals surface area contributed by atoms with Crippen LogP contribution in [0.4, 0.5) is 4.39 Å². The second-order valence-corrected chi connectivity index (χ2v) is 6.95. The quantitative estimate of drug-likeness (QED) is 0.878. The number of aromatic amines is 1. The van der Waals surface area contributed by atoms with E-state index in [-0.39, 0.29) is 17.8 Å². The first-order valence-corrected chi connectivity index (χ1v) is 9.04. The fourth-order valence-corrected chi connectivity index (χ4v) is 3.44. The number of nitrogens with one attached hydrogen (secondary N) is 2. The summed E-state index contributed by atoms with van der Waals surface area (Å²) in [6.45, 7) is 1.17. The molecule has 25 heavy (non-hydrogen) atoms. The third-order valence-corrected chi connectivity index (χ3v) is 4.99. The fourth-order valence-electron chi connectivity index (χ4n) is 3.44. The third kappa shape index (κ3) is 3.74. The standard InChI is InChI=1S/C19H23FN4O/c20-14-5-3-4-13(10-14)16-11-22-19(23-16)17-6-1-2-9-24(17)18(25)12-21-15-7-8-15/h3-5,10-11,15,17,21H,1-2,6-9,12H2,(H,22,23). The Kier molecular flexibility index (Phi) is 4.53. The van der Waals surface area contributed by atoms with Crippen LogP contribution in [0.25, 0.3) is 11.3 Å². The maximum absolute atomic E-state index is 13.4. The normalized spacial score (nSPS) is 20.7. The van der Waals surface area contributed by atoms with Crippen molar-refractivity contribution in [2.75, 3.05) is 13.1 Å². The topological polar surface area (TPSA) is 61.0 Å². The summed E-state index contributed by atoms with van der Waals surface area (Å²) in [7, 11) is 0. The molecule has 132 valence electrons. The lowest BCUT2D eigenvalue weighted by molar-refractivity contribution is -0.134. The highest BCUT2D eigenvalue weighted by atomic mass is 19.1. The number of nitrogens with zero attached hydrogens (tertiary/aromatic N) is 2. The number of carbonyl (C=O) groups is 1. The fraction of sp³-hybridized carbons (Fsp3) is 0.474. The first-order valence-electron chi connectivity index (χ1n) is 9.04. The Labute approximate surface area is 146 Å². The van der Waals surface area contributed by atoms with Crippen LogP contribution in [0.15, 0.2) is 30.5 Å². The molecule has 0 radical (unpaired) electrons. The van der Waals surface area contributed by atoms with Gasteiger partial charge in [0.15, 0.2) is 0 Å². The van der Waals surface area contributed by atoms with Crippen LogP contribution in [-0.4, -0.2) is 39.9 Å². The Morgan fingerprint density at radius 1 is 1.32 bits per heavy atom. The van der Waals surface area contributed by atoms with Crippen LogP contribution in [0.3, 0.4) is 0 Å². The van der Waals surface area contributed by atoms with Gasteiger partial charge in [0.2, 0.25) is 5.91 Å². The molecule has 1 aliphatic carbocycles. The summed E-state index contributed by atoms with van der Waals surface area (Å²) >= 11 is 0. The van der Waals surface area contributed by atoms with Gasteiger partial charge in [0.05, 0.1) is 24.5 Å². The molecule has 1 aliphatic heterocycles. The maximum Gasteiger partial charge on any atom is 0.237 e.